The number of carbonyl (C=O) groups excluding carboxylic acids is 2. The van der Waals surface area contributed by atoms with Gasteiger partial charge in [0.15, 0.2) is 5.78 Å². The molecule has 1 aliphatic rings. The number of esters is 1. The van der Waals surface area contributed by atoms with E-state index in [1.54, 1.807) is 31.4 Å². The van der Waals surface area contributed by atoms with Crippen molar-refractivity contribution in [2.45, 2.75) is 38.4 Å². The highest BCUT2D eigenvalue weighted by molar-refractivity contribution is 5.96. The number of ketones is 1. The number of benzene rings is 1. The van der Waals surface area contributed by atoms with E-state index in [1.165, 1.54) is 6.92 Å². The van der Waals surface area contributed by atoms with Crippen LogP contribution in [0.1, 0.15) is 36.5 Å². The van der Waals surface area contributed by atoms with E-state index < -0.39 is 0 Å². The van der Waals surface area contributed by atoms with Gasteiger partial charge in [-0.1, -0.05) is 0 Å². The SMILES string of the molecule is COc1ccc(C(=O)C[C@@H]2OCCC[C@@H]2OC(C)=O)cc1. The van der Waals surface area contributed by atoms with E-state index in [4.69, 9.17) is 14.2 Å². The average Bonchev–Trinajstić information content (AvgIpc) is 2.49. The van der Waals surface area contributed by atoms with E-state index in [2.05, 4.69) is 0 Å². The lowest BCUT2D eigenvalue weighted by molar-refractivity contribution is -0.160. The minimum atomic E-state index is -0.364. The molecule has 21 heavy (non-hydrogen) atoms. The van der Waals surface area contributed by atoms with Crippen molar-refractivity contribution < 1.29 is 23.8 Å². The second-order valence-corrected chi connectivity index (χ2v) is 5.06. The molecule has 0 unspecified atom stereocenters. The van der Waals surface area contributed by atoms with Gasteiger partial charge in [0.05, 0.1) is 7.11 Å². The molecule has 114 valence electrons. The van der Waals surface area contributed by atoms with Crippen molar-refractivity contribution in [3.63, 3.8) is 0 Å². The largest absolute Gasteiger partial charge is 0.497 e. The van der Waals surface area contributed by atoms with Gasteiger partial charge < -0.3 is 14.2 Å². The lowest BCUT2D eigenvalue weighted by Crippen LogP contribution is -2.38. The Morgan fingerprint density at radius 1 is 1.29 bits per heavy atom. The predicted octanol–water partition coefficient (Wildman–Crippen LogP) is 2.38. The molecular formula is C16H20O5. The van der Waals surface area contributed by atoms with Crippen molar-refractivity contribution in [1.82, 2.24) is 0 Å². The maximum absolute atomic E-state index is 12.3. The first-order chi connectivity index (χ1) is 10.1. The van der Waals surface area contributed by atoms with E-state index in [-0.39, 0.29) is 30.4 Å². The third-order valence-electron chi connectivity index (χ3n) is 3.50. The fourth-order valence-electron chi connectivity index (χ4n) is 2.43. The first-order valence-electron chi connectivity index (χ1n) is 7.06. The number of hydrogen-bond acceptors (Lipinski definition) is 5. The van der Waals surface area contributed by atoms with Crippen LogP contribution in [0, 0.1) is 0 Å². The molecule has 0 aliphatic carbocycles. The standard InChI is InChI=1S/C16H20O5/c1-11(17)21-15-4-3-9-20-16(15)10-14(18)12-5-7-13(19-2)8-6-12/h5-8,15-16H,3-4,9-10H2,1-2H3/t15-,16-/m0/s1. The van der Waals surface area contributed by atoms with Gasteiger partial charge in [0.1, 0.15) is 18.0 Å². The Morgan fingerprint density at radius 2 is 2.00 bits per heavy atom. The van der Waals surface area contributed by atoms with Gasteiger partial charge in [-0.2, -0.15) is 0 Å². The first kappa shape index (κ1) is 15.5. The normalized spacial score (nSPS) is 21.6. The summed E-state index contributed by atoms with van der Waals surface area (Å²) < 4.78 is 15.9. The summed E-state index contributed by atoms with van der Waals surface area (Å²) in [5.41, 5.74) is 0.603. The van der Waals surface area contributed by atoms with Gasteiger partial charge in [0, 0.05) is 25.5 Å². The molecule has 0 N–H and O–H groups in total. The molecule has 5 heteroatoms. The second kappa shape index (κ2) is 7.22. The number of carbonyl (C=O) groups is 2. The summed E-state index contributed by atoms with van der Waals surface area (Å²) in [6.07, 6.45) is 1.09. The van der Waals surface area contributed by atoms with Gasteiger partial charge in [0.25, 0.3) is 0 Å². The minimum absolute atomic E-state index is 0.0262. The number of Topliss-reactive ketones (excluding diaryl/α,β-unsaturated/α-hetero) is 1. The molecule has 0 amide bonds. The van der Waals surface area contributed by atoms with Crippen LogP contribution in [0.2, 0.25) is 0 Å². The molecule has 5 nitrogen and oxygen atoms in total. The van der Waals surface area contributed by atoms with Crippen LogP contribution in [0.3, 0.4) is 0 Å². The van der Waals surface area contributed by atoms with Gasteiger partial charge in [-0.25, -0.2) is 0 Å². The summed E-state index contributed by atoms with van der Waals surface area (Å²) >= 11 is 0. The Hall–Kier alpha value is -1.88. The zero-order valence-corrected chi connectivity index (χ0v) is 12.3. The maximum atomic E-state index is 12.3. The van der Waals surface area contributed by atoms with Crippen LogP contribution in [0.15, 0.2) is 24.3 Å². The smallest absolute Gasteiger partial charge is 0.302 e. The Balaban J connectivity index is 2.00. The van der Waals surface area contributed by atoms with E-state index in [9.17, 15) is 9.59 Å². The molecule has 0 spiro atoms. The molecule has 2 rings (SSSR count). The van der Waals surface area contributed by atoms with E-state index in [0.717, 1.165) is 12.8 Å². The average molecular weight is 292 g/mol. The highest BCUT2D eigenvalue weighted by atomic mass is 16.6. The number of rotatable bonds is 5. The first-order valence-corrected chi connectivity index (χ1v) is 7.06. The van der Waals surface area contributed by atoms with Crippen LogP contribution in [-0.2, 0) is 14.3 Å². The van der Waals surface area contributed by atoms with Crippen LogP contribution in [0.25, 0.3) is 0 Å². The highest BCUT2D eigenvalue weighted by Crippen LogP contribution is 2.22. The summed E-state index contributed by atoms with van der Waals surface area (Å²) in [7, 11) is 1.58. The zero-order valence-electron chi connectivity index (χ0n) is 12.3. The van der Waals surface area contributed by atoms with E-state index in [1.807, 2.05) is 0 Å². The number of methoxy groups -OCH3 is 1. The number of ether oxygens (including phenoxy) is 3. The summed E-state index contributed by atoms with van der Waals surface area (Å²) in [4.78, 5) is 23.4. The third kappa shape index (κ3) is 4.29. The second-order valence-electron chi connectivity index (χ2n) is 5.06. The Kier molecular flexibility index (Phi) is 5.33. The van der Waals surface area contributed by atoms with Crippen molar-refractivity contribution in [3.8, 4) is 5.75 Å². The van der Waals surface area contributed by atoms with Crippen molar-refractivity contribution in [2.24, 2.45) is 0 Å². The molecule has 1 aliphatic heterocycles. The maximum Gasteiger partial charge on any atom is 0.302 e. The lowest BCUT2D eigenvalue weighted by Gasteiger charge is -2.30. The number of hydrogen-bond donors (Lipinski definition) is 0. The van der Waals surface area contributed by atoms with Crippen molar-refractivity contribution in [2.75, 3.05) is 13.7 Å². The van der Waals surface area contributed by atoms with Gasteiger partial charge in [-0.3, -0.25) is 9.59 Å². The van der Waals surface area contributed by atoms with Gasteiger partial charge in [-0.15, -0.1) is 0 Å². The van der Waals surface area contributed by atoms with Crippen molar-refractivity contribution in [1.29, 1.82) is 0 Å². The van der Waals surface area contributed by atoms with Gasteiger partial charge in [-0.05, 0) is 37.1 Å². The van der Waals surface area contributed by atoms with Crippen LogP contribution in [-0.4, -0.2) is 37.7 Å². The van der Waals surface area contributed by atoms with Gasteiger partial charge >= 0.3 is 5.97 Å². The predicted molar refractivity (Wildman–Crippen MR) is 76.5 cm³/mol. The fourth-order valence-corrected chi connectivity index (χ4v) is 2.43. The molecule has 1 aromatic carbocycles. The Labute approximate surface area is 124 Å². The van der Waals surface area contributed by atoms with Crippen molar-refractivity contribution in [3.05, 3.63) is 29.8 Å². The van der Waals surface area contributed by atoms with Crippen molar-refractivity contribution >= 4 is 11.8 Å². The van der Waals surface area contributed by atoms with Crippen LogP contribution in [0.5, 0.6) is 5.75 Å². The minimum Gasteiger partial charge on any atom is -0.497 e. The molecule has 1 fully saturated rings. The Morgan fingerprint density at radius 3 is 2.62 bits per heavy atom. The van der Waals surface area contributed by atoms with E-state index >= 15 is 0 Å². The molecule has 1 aromatic rings. The Bertz CT molecular complexity index is 494. The topological polar surface area (TPSA) is 61.8 Å². The quantitative estimate of drug-likeness (QED) is 0.616. The molecule has 2 atom stereocenters. The monoisotopic (exact) mass is 292 g/mol. The molecule has 1 heterocycles. The summed E-state index contributed by atoms with van der Waals surface area (Å²) in [6, 6.07) is 6.95. The summed E-state index contributed by atoms with van der Waals surface area (Å²) in [5, 5.41) is 0. The molecule has 0 saturated carbocycles. The molecule has 1 saturated heterocycles. The van der Waals surface area contributed by atoms with Crippen LogP contribution >= 0.6 is 0 Å². The zero-order chi connectivity index (χ0) is 15.2. The van der Waals surface area contributed by atoms with Crippen LogP contribution < -0.4 is 4.74 Å². The third-order valence-corrected chi connectivity index (χ3v) is 3.50. The van der Waals surface area contributed by atoms with Crippen LogP contribution in [0.4, 0.5) is 0 Å². The summed E-state index contributed by atoms with van der Waals surface area (Å²) in [5.74, 6) is 0.340. The van der Waals surface area contributed by atoms with E-state index in [0.29, 0.717) is 17.9 Å². The molecule has 0 bridgehead atoms. The van der Waals surface area contributed by atoms with Gasteiger partial charge in [0.2, 0.25) is 0 Å². The highest BCUT2D eigenvalue weighted by Gasteiger charge is 2.30. The summed E-state index contributed by atoms with van der Waals surface area (Å²) in [6.45, 7) is 1.97. The molecule has 0 aromatic heterocycles. The molecule has 0 radical (unpaired) electrons. The molecular weight excluding hydrogens is 272 g/mol. The lowest BCUT2D eigenvalue weighted by atomic mass is 9.97. The fraction of sp³-hybridized carbons (Fsp3) is 0.500.